The van der Waals surface area contributed by atoms with Gasteiger partial charge in [-0.1, -0.05) is 111 Å². The summed E-state index contributed by atoms with van der Waals surface area (Å²) < 4.78 is 0. The summed E-state index contributed by atoms with van der Waals surface area (Å²) in [5.41, 5.74) is 11.6. The zero-order chi connectivity index (χ0) is 25.1. The van der Waals surface area contributed by atoms with E-state index in [1.54, 1.807) is 0 Å². The van der Waals surface area contributed by atoms with Crippen LogP contribution in [0.25, 0.3) is 28.0 Å². The molecule has 0 bridgehead atoms. The van der Waals surface area contributed by atoms with Crippen molar-refractivity contribution < 1.29 is 0 Å². The fourth-order valence-corrected chi connectivity index (χ4v) is 8.12. The molecule has 4 aromatic carbocycles. The Morgan fingerprint density at radius 2 is 1.35 bits per heavy atom. The molecule has 3 atom stereocenters. The molecule has 4 aromatic rings. The first-order valence-electron chi connectivity index (χ1n) is 13.1. The Balaban J connectivity index is 1.45. The third kappa shape index (κ3) is 3.44. The first-order chi connectivity index (χ1) is 18.0. The van der Waals surface area contributed by atoms with Gasteiger partial charge in [0.15, 0.2) is 0 Å². The van der Waals surface area contributed by atoms with E-state index in [-0.39, 0.29) is 11.5 Å². The van der Waals surface area contributed by atoms with Crippen LogP contribution in [0.5, 0.6) is 0 Å². The maximum absolute atomic E-state index is 5.08. The minimum atomic E-state index is -0.122. The van der Waals surface area contributed by atoms with Gasteiger partial charge >= 0.3 is 0 Å². The van der Waals surface area contributed by atoms with Crippen LogP contribution in [0.3, 0.4) is 0 Å². The smallest absolute Gasteiger partial charge is 0.0705 e. The molecular formula is C34H30N2S. The van der Waals surface area contributed by atoms with Crippen molar-refractivity contribution in [1.82, 2.24) is 5.32 Å². The lowest BCUT2D eigenvalue weighted by atomic mass is 9.76. The van der Waals surface area contributed by atoms with Crippen molar-refractivity contribution in [1.29, 1.82) is 0 Å². The van der Waals surface area contributed by atoms with Crippen molar-refractivity contribution in [2.24, 2.45) is 10.4 Å². The Hall–Kier alpha value is -3.56. The van der Waals surface area contributed by atoms with Crippen LogP contribution in [-0.4, -0.2) is 17.5 Å². The minimum Gasteiger partial charge on any atom is -0.376 e. The van der Waals surface area contributed by atoms with E-state index < -0.39 is 0 Å². The lowest BCUT2D eigenvalue weighted by Crippen LogP contribution is -2.36. The summed E-state index contributed by atoms with van der Waals surface area (Å²) in [7, 11) is 0. The second-order valence-electron chi connectivity index (χ2n) is 10.9. The molecule has 2 nitrogen and oxygen atoms in total. The second-order valence-corrected chi connectivity index (χ2v) is 12.0. The van der Waals surface area contributed by atoms with E-state index in [2.05, 4.69) is 141 Å². The minimum absolute atomic E-state index is 0.122. The summed E-state index contributed by atoms with van der Waals surface area (Å²) >= 11 is 2.05. The molecule has 3 unspecified atom stereocenters. The number of aliphatic imine (C=N–C) groups is 1. The first-order valence-corrected chi connectivity index (χ1v) is 14.0. The largest absolute Gasteiger partial charge is 0.376 e. The molecule has 7 rings (SSSR count). The lowest BCUT2D eigenvalue weighted by molar-refractivity contribution is 0.404. The molecule has 0 saturated carbocycles. The summed E-state index contributed by atoms with van der Waals surface area (Å²) in [4.78, 5) is 6.49. The molecule has 3 heteroatoms. The highest BCUT2D eigenvalue weighted by Gasteiger charge is 2.50. The summed E-state index contributed by atoms with van der Waals surface area (Å²) in [5.74, 6) is 0.299. The fourth-order valence-electron chi connectivity index (χ4n) is 6.39. The highest BCUT2D eigenvalue weighted by Crippen LogP contribution is 2.62. The van der Waals surface area contributed by atoms with Crippen LogP contribution in [0.15, 0.2) is 113 Å². The number of nitrogens with zero attached hydrogens (tertiary/aromatic N) is 1. The highest BCUT2D eigenvalue weighted by atomic mass is 32.2. The topological polar surface area (TPSA) is 24.4 Å². The highest BCUT2D eigenvalue weighted by molar-refractivity contribution is 8.00. The predicted molar refractivity (Wildman–Crippen MR) is 157 cm³/mol. The Kier molecular flexibility index (Phi) is 5.19. The number of fused-ring (bicyclic) bond motifs is 6. The van der Waals surface area contributed by atoms with Crippen LogP contribution in [0, 0.1) is 5.41 Å². The van der Waals surface area contributed by atoms with Gasteiger partial charge in [0.2, 0.25) is 0 Å². The van der Waals surface area contributed by atoms with Crippen molar-refractivity contribution in [2.45, 2.75) is 42.9 Å². The molecule has 182 valence electrons. The number of nitrogens with one attached hydrogen (secondary N) is 1. The van der Waals surface area contributed by atoms with E-state index in [0.717, 1.165) is 0 Å². The Labute approximate surface area is 223 Å². The molecule has 0 fully saturated rings. The SMILES string of the molecule is CC1C=NC2=C(N1)c1ccccc1C1c3cccc(-c4ccccc4-c4ccccc4)c3SC1C2(C)C. The number of hydrogen-bond donors (Lipinski definition) is 1. The fraction of sp³-hybridized carbons (Fsp3) is 0.206. The molecule has 3 aliphatic rings. The van der Waals surface area contributed by atoms with Gasteiger partial charge in [0.05, 0.1) is 17.4 Å². The van der Waals surface area contributed by atoms with Gasteiger partial charge in [-0.05, 0) is 40.3 Å². The summed E-state index contributed by atoms with van der Waals surface area (Å²) in [6.07, 6.45) is 2.07. The van der Waals surface area contributed by atoms with Crippen molar-refractivity contribution >= 4 is 23.7 Å². The average molecular weight is 499 g/mol. The number of allylic oxidation sites excluding steroid dienone is 1. The van der Waals surface area contributed by atoms with Crippen molar-refractivity contribution in [3.8, 4) is 22.3 Å². The van der Waals surface area contributed by atoms with Crippen LogP contribution < -0.4 is 5.32 Å². The van der Waals surface area contributed by atoms with E-state index in [0.29, 0.717) is 11.2 Å². The van der Waals surface area contributed by atoms with Gasteiger partial charge in [-0.15, -0.1) is 11.8 Å². The van der Waals surface area contributed by atoms with E-state index in [4.69, 9.17) is 4.99 Å². The lowest BCUT2D eigenvalue weighted by Gasteiger charge is -2.36. The van der Waals surface area contributed by atoms with Gasteiger partial charge in [-0.3, -0.25) is 4.99 Å². The van der Waals surface area contributed by atoms with Gasteiger partial charge < -0.3 is 5.32 Å². The van der Waals surface area contributed by atoms with Crippen LogP contribution in [-0.2, 0) is 0 Å². The number of hydrogen-bond acceptors (Lipinski definition) is 3. The second kappa shape index (κ2) is 8.49. The van der Waals surface area contributed by atoms with Gasteiger partial charge in [0, 0.05) is 33.3 Å². The van der Waals surface area contributed by atoms with E-state index in [1.165, 1.54) is 55.2 Å². The zero-order valence-electron chi connectivity index (χ0n) is 21.4. The quantitative estimate of drug-likeness (QED) is 0.300. The summed E-state index contributed by atoms with van der Waals surface area (Å²) in [6, 6.07) is 35.7. The van der Waals surface area contributed by atoms with Gasteiger partial charge in [0.1, 0.15) is 0 Å². The predicted octanol–water partition coefficient (Wildman–Crippen LogP) is 8.40. The maximum Gasteiger partial charge on any atom is 0.0705 e. The Bertz CT molecular complexity index is 1580. The molecule has 0 radical (unpaired) electrons. The van der Waals surface area contributed by atoms with Crippen LogP contribution >= 0.6 is 11.8 Å². The number of thioether (sulfide) groups is 1. The van der Waals surface area contributed by atoms with Gasteiger partial charge in [-0.25, -0.2) is 0 Å². The van der Waals surface area contributed by atoms with E-state index in [1.807, 2.05) is 0 Å². The monoisotopic (exact) mass is 498 g/mol. The third-order valence-corrected chi connectivity index (χ3v) is 9.96. The molecule has 0 amide bonds. The molecular weight excluding hydrogens is 468 g/mol. The van der Waals surface area contributed by atoms with Crippen molar-refractivity contribution in [2.75, 3.05) is 0 Å². The number of benzene rings is 4. The molecule has 0 saturated heterocycles. The van der Waals surface area contributed by atoms with Gasteiger partial charge in [-0.2, -0.15) is 0 Å². The average Bonchev–Trinajstić information content (AvgIpc) is 3.31. The molecule has 37 heavy (non-hydrogen) atoms. The summed E-state index contributed by atoms with van der Waals surface area (Å²) in [5, 5.41) is 4.11. The normalized spacial score (nSPS) is 22.8. The van der Waals surface area contributed by atoms with Crippen LogP contribution in [0.1, 0.15) is 43.4 Å². The van der Waals surface area contributed by atoms with Crippen LogP contribution in [0.2, 0.25) is 0 Å². The molecule has 0 aromatic heterocycles. The first kappa shape index (κ1) is 22.6. The Morgan fingerprint density at radius 1 is 0.703 bits per heavy atom. The maximum atomic E-state index is 5.08. The molecule has 0 spiro atoms. The van der Waals surface area contributed by atoms with Crippen molar-refractivity contribution in [3.05, 3.63) is 119 Å². The molecule has 1 aliphatic carbocycles. The standard InChI is InChI=1S/C34H30N2S/c1-21-20-35-32-30(36-21)26-17-10-9-16-25(26)29-28-19-11-18-27(31(28)37-33(29)34(32,2)3)24-15-8-7-14-23(24)22-12-5-4-6-13-22/h4-21,29,33,36H,1-3H3. The summed E-state index contributed by atoms with van der Waals surface area (Å²) in [6.45, 7) is 6.95. The Morgan fingerprint density at radius 3 is 2.16 bits per heavy atom. The molecule has 2 heterocycles. The van der Waals surface area contributed by atoms with E-state index >= 15 is 0 Å². The zero-order valence-corrected chi connectivity index (χ0v) is 22.2. The molecule has 1 N–H and O–H groups in total. The number of rotatable bonds is 2. The molecule has 2 aliphatic heterocycles. The third-order valence-electron chi connectivity index (χ3n) is 8.15. The van der Waals surface area contributed by atoms with Crippen LogP contribution in [0.4, 0.5) is 0 Å². The van der Waals surface area contributed by atoms with Gasteiger partial charge in [0.25, 0.3) is 0 Å². The van der Waals surface area contributed by atoms with E-state index in [9.17, 15) is 0 Å². The van der Waals surface area contributed by atoms with Crippen molar-refractivity contribution in [3.63, 3.8) is 0 Å².